The van der Waals surface area contributed by atoms with Crippen LogP contribution in [0.4, 0.5) is 0 Å². The van der Waals surface area contributed by atoms with Crippen molar-refractivity contribution in [2.75, 3.05) is 14.2 Å². The van der Waals surface area contributed by atoms with Crippen LogP contribution in [0, 0.1) is 12.3 Å². The van der Waals surface area contributed by atoms with Crippen LogP contribution < -0.4 is 4.74 Å². The maximum atomic E-state index is 11.7. The SMILES string of the molecule is C#Cc1ccc(Oc2cc(C(=O)OC)cc(C(=O)OC)c2)cc1. The van der Waals surface area contributed by atoms with Crippen molar-refractivity contribution in [3.63, 3.8) is 0 Å². The number of terminal acetylenes is 1. The van der Waals surface area contributed by atoms with E-state index in [1.807, 2.05) is 0 Å². The minimum Gasteiger partial charge on any atom is -0.465 e. The molecule has 0 N–H and O–H groups in total. The van der Waals surface area contributed by atoms with Gasteiger partial charge in [0.05, 0.1) is 25.3 Å². The second-order valence-electron chi connectivity index (χ2n) is 4.50. The van der Waals surface area contributed by atoms with E-state index in [1.165, 1.54) is 32.4 Å². The molecule has 23 heavy (non-hydrogen) atoms. The second kappa shape index (κ2) is 7.14. The molecule has 0 saturated carbocycles. The van der Waals surface area contributed by atoms with Crippen molar-refractivity contribution in [2.45, 2.75) is 0 Å². The van der Waals surface area contributed by atoms with E-state index in [0.717, 1.165) is 5.56 Å². The molecule has 0 aromatic heterocycles. The zero-order valence-electron chi connectivity index (χ0n) is 12.7. The number of carbonyl (C=O) groups is 2. The van der Waals surface area contributed by atoms with E-state index < -0.39 is 11.9 Å². The summed E-state index contributed by atoms with van der Waals surface area (Å²) in [5, 5.41) is 0. The van der Waals surface area contributed by atoms with Crippen molar-refractivity contribution in [2.24, 2.45) is 0 Å². The molecule has 0 aliphatic heterocycles. The highest BCUT2D eigenvalue weighted by molar-refractivity contribution is 5.96. The molecule has 2 aromatic carbocycles. The van der Waals surface area contributed by atoms with Gasteiger partial charge in [0, 0.05) is 5.56 Å². The van der Waals surface area contributed by atoms with Crippen molar-refractivity contribution in [3.05, 3.63) is 59.2 Å². The summed E-state index contributed by atoms with van der Waals surface area (Å²) in [4.78, 5) is 23.4. The molecule has 116 valence electrons. The molecular formula is C18H14O5. The van der Waals surface area contributed by atoms with Crippen LogP contribution >= 0.6 is 0 Å². The predicted molar refractivity (Wildman–Crippen MR) is 83.6 cm³/mol. The van der Waals surface area contributed by atoms with Crippen molar-refractivity contribution >= 4 is 11.9 Å². The van der Waals surface area contributed by atoms with E-state index in [9.17, 15) is 9.59 Å². The fraction of sp³-hybridized carbons (Fsp3) is 0.111. The number of hydrogen-bond donors (Lipinski definition) is 0. The minimum atomic E-state index is -0.580. The smallest absolute Gasteiger partial charge is 0.338 e. The van der Waals surface area contributed by atoms with Gasteiger partial charge in [-0.15, -0.1) is 6.42 Å². The standard InChI is InChI=1S/C18H14O5/c1-4-12-5-7-15(8-6-12)23-16-10-13(17(19)21-2)9-14(11-16)18(20)22-3/h1,5-11H,2-3H3. The molecule has 0 aliphatic carbocycles. The van der Waals surface area contributed by atoms with Crippen LogP contribution in [0.2, 0.25) is 0 Å². The lowest BCUT2D eigenvalue weighted by atomic mass is 10.1. The summed E-state index contributed by atoms with van der Waals surface area (Å²) in [5.74, 6) is 2.17. The quantitative estimate of drug-likeness (QED) is 0.641. The van der Waals surface area contributed by atoms with Crippen molar-refractivity contribution in [1.29, 1.82) is 0 Å². The second-order valence-corrected chi connectivity index (χ2v) is 4.50. The van der Waals surface area contributed by atoms with Crippen LogP contribution in [0.1, 0.15) is 26.3 Å². The molecular weight excluding hydrogens is 296 g/mol. The first kappa shape index (κ1) is 16.1. The highest BCUT2D eigenvalue weighted by atomic mass is 16.5. The number of hydrogen-bond acceptors (Lipinski definition) is 5. The van der Waals surface area contributed by atoms with E-state index in [1.54, 1.807) is 24.3 Å². The molecule has 0 bridgehead atoms. The van der Waals surface area contributed by atoms with Gasteiger partial charge in [0.2, 0.25) is 0 Å². The zero-order chi connectivity index (χ0) is 16.8. The van der Waals surface area contributed by atoms with Crippen LogP contribution in [-0.4, -0.2) is 26.2 Å². The molecule has 0 radical (unpaired) electrons. The van der Waals surface area contributed by atoms with Gasteiger partial charge in [-0.05, 0) is 42.5 Å². The molecule has 0 atom stereocenters. The summed E-state index contributed by atoms with van der Waals surface area (Å²) >= 11 is 0. The Kier molecular flexibility index (Phi) is 5.00. The molecule has 2 aromatic rings. The van der Waals surface area contributed by atoms with Gasteiger partial charge in [0.1, 0.15) is 11.5 Å². The largest absolute Gasteiger partial charge is 0.465 e. The average molecular weight is 310 g/mol. The number of rotatable bonds is 4. The van der Waals surface area contributed by atoms with E-state index in [-0.39, 0.29) is 11.1 Å². The van der Waals surface area contributed by atoms with Gasteiger partial charge >= 0.3 is 11.9 Å². The number of methoxy groups -OCH3 is 2. The van der Waals surface area contributed by atoms with Gasteiger partial charge in [-0.1, -0.05) is 5.92 Å². The molecule has 0 unspecified atom stereocenters. The lowest BCUT2D eigenvalue weighted by molar-refractivity contribution is 0.0598. The van der Waals surface area contributed by atoms with Crippen LogP contribution in [-0.2, 0) is 9.47 Å². The number of carbonyl (C=O) groups excluding carboxylic acids is 2. The first-order chi connectivity index (χ1) is 11.1. The third kappa shape index (κ3) is 3.89. The van der Waals surface area contributed by atoms with E-state index in [4.69, 9.17) is 11.2 Å². The van der Waals surface area contributed by atoms with Crippen LogP contribution in [0.5, 0.6) is 11.5 Å². The fourth-order valence-corrected chi connectivity index (χ4v) is 1.88. The summed E-state index contributed by atoms with van der Waals surface area (Å²) in [6.45, 7) is 0. The Morgan fingerprint density at radius 1 is 0.870 bits per heavy atom. The molecule has 5 heteroatoms. The summed E-state index contributed by atoms with van der Waals surface area (Å²) in [6.07, 6.45) is 5.30. The molecule has 0 spiro atoms. The summed E-state index contributed by atoms with van der Waals surface area (Å²) in [5.41, 5.74) is 1.09. The Balaban J connectivity index is 2.37. The Bertz CT molecular complexity index is 735. The molecule has 2 rings (SSSR count). The fourth-order valence-electron chi connectivity index (χ4n) is 1.88. The number of esters is 2. The summed E-state index contributed by atoms with van der Waals surface area (Å²) in [6, 6.07) is 11.2. The Labute approximate surface area is 133 Å². The van der Waals surface area contributed by atoms with Gasteiger partial charge in [-0.2, -0.15) is 0 Å². The lowest BCUT2D eigenvalue weighted by Crippen LogP contribution is -2.07. The highest BCUT2D eigenvalue weighted by Crippen LogP contribution is 2.25. The first-order valence-electron chi connectivity index (χ1n) is 6.63. The maximum Gasteiger partial charge on any atom is 0.338 e. The zero-order valence-corrected chi connectivity index (χ0v) is 12.7. The number of ether oxygens (including phenoxy) is 3. The van der Waals surface area contributed by atoms with Crippen molar-refractivity contribution < 1.29 is 23.8 Å². The topological polar surface area (TPSA) is 61.8 Å². The van der Waals surface area contributed by atoms with Gasteiger partial charge in [0.15, 0.2) is 0 Å². The van der Waals surface area contributed by atoms with E-state index in [2.05, 4.69) is 15.4 Å². The highest BCUT2D eigenvalue weighted by Gasteiger charge is 2.14. The molecule has 0 saturated heterocycles. The van der Waals surface area contributed by atoms with Crippen LogP contribution in [0.25, 0.3) is 0 Å². The Morgan fingerprint density at radius 3 is 1.83 bits per heavy atom. The van der Waals surface area contributed by atoms with Gasteiger partial charge in [-0.3, -0.25) is 0 Å². The predicted octanol–water partition coefficient (Wildman–Crippen LogP) is 3.03. The monoisotopic (exact) mass is 310 g/mol. The molecule has 0 heterocycles. The Morgan fingerprint density at radius 2 is 1.39 bits per heavy atom. The third-order valence-corrected chi connectivity index (χ3v) is 3.01. The maximum absolute atomic E-state index is 11.7. The minimum absolute atomic E-state index is 0.186. The normalized spacial score (nSPS) is 9.61. The average Bonchev–Trinajstić information content (AvgIpc) is 2.60. The lowest BCUT2D eigenvalue weighted by Gasteiger charge is -2.09. The van der Waals surface area contributed by atoms with Crippen LogP contribution in [0.15, 0.2) is 42.5 Å². The van der Waals surface area contributed by atoms with Gasteiger partial charge in [0.25, 0.3) is 0 Å². The van der Waals surface area contributed by atoms with Crippen molar-refractivity contribution in [3.8, 4) is 23.8 Å². The van der Waals surface area contributed by atoms with E-state index in [0.29, 0.717) is 11.5 Å². The first-order valence-corrected chi connectivity index (χ1v) is 6.63. The molecule has 0 aliphatic rings. The number of benzene rings is 2. The van der Waals surface area contributed by atoms with Gasteiger partial charge < -0.3 is 14.2 Å². The molecule has 0 amide bonds. The Hall–Kier alpha value is -3.26. The van der Waals surface area contributed by atoms with Crippen LogP contribution in [0.3, 0.4) is 0 Å². The van der Waals surface area contributed by atoms with Crippen molar-refractivity contribution in [1.82, 2.24) is 0 Å². The molecule has 5 nitrogen and oxygen atoms in total. The molecule has 0 fully saturated rings. The summed E-state index contributed by atoms with van der Waals surface area (Å²) < 4.78 is 15.0. The summed E-state index contributed by atoms with van der Waals surface area (Å²) in [7, 11) is 2.51. The third-order valence-electron chi connectivity index (χ3n) is 3.01. The van der Waals surface area contributed by atoms with Gasteiger partial charge in [-0.25, -0.2) is 9.59 Å². The van der Waals surface area contributed by atoms with E-state index >= 15 is 0 Å².